The average Bonchev–Trinajstić information content (AvgIpc) is 1.66. The Kier molecular flexibility index (Phi) is 11.1. The molecule has 5 heteroatoms. The Hall–Kier alpha value is 0.312. The van der Waals surface area contributed by atoms with E-state index in [0.717, 1.165) is 0 Å². The number of carboxylic acids is 1. The number of hydrogen-bond donors (Lipinski definition) is 2. The van der Waals surface area contributed by atoms with Crippen LogP contribution in [-0.4, -0.2) is 58.1 Å². The minimum atomic E-state index is -0.960. The fourth-order valence-electron chi connectivity index (χ4n) is 0.243. The molecule has 0 fully saturated rings. The first-order valence-electron chi connectivity index (χ1n) is 2.27. The summed E-state index contributed by atoms with van der Waals surface area (Å²) in [6, 6.07) is 0. The normalized spacial score (nSPS) is 8.11. The predicted octanol–water partition coefficient (Wildman–Crippen LogP) is -1.87. The van der Waals surface area contributed by atoms with Gasteiger partial charge in [0.2, 0.25) is 0 Å². The van der Waals surface area contributed by atoms with Gasteiger partial charge in [0.25, 0.3) is 0 Å². The second-order valence-corrected chi connectivity index (χ2v) is 1.23. The van der Waals surface area contributed by atoms with Gasteiger partial charge in [-0.3, -0.25) is 0 Å². The van der Waals surface area contributed by atoms with Crippen molar-refractivity contribution in [2.45, 2.75) is 0 Å². The molecule has 4 nitrogen and oxygen atoms in total. The van der Waals surface area contributed by atoms with E-state index in [1.165, 1.54) is 0 Å². The van der Waals surface area contributed by atoms with Crippen LogP contribution in [0.5, 0.6) is 0 Å². The number of carboxylic acid groups (broad SMARTS) is 1. The van der Waals surface area contributed by atoms with Gasteiger partial charge in [-0.15, -0.1) is 0 Å². The molecular formula is C4H11NO3Pb. The first-order valence-corrected chi connectivity index (χ1v) is 2.27. The third kappa shape index (κ3) is 11.7. The quantitative estimate of drug-likeness (QED) is 0.469. The fraction of sp³-hybridized carbons (Fsp3) is 0.750. The fourth-order valence-corrected chi connectivity index (χ4v) is 0.243. The van der Waals surface area contributed by atoms with Gasteiger partial charge in [0, 0.05) is 6.54 Å². The maximum atomic E-state index is 9.71. The molecule has 0 aliphatic carbocycles. The van der Waals surface area contributed by atoms with Crippen LogP contribution < -0.4 is 5.73 Å². The number of rotatable bonds is 4. The molecule has 0 spiro atoms. The van der Waals surface area contributed by atoms with Crippen LogP contribution in [0.15, 0.2) is 0 Å². The van der Waals surface area contributed by atoms with E-state index < -0.39 is 5.97 Å². The average molecular weight is 328 g/mol. The molecule has 2 radical (unpaired) electrons. The summed E-state index contributed by atoms with van der Waals surface area (Å²) < 4.78 is 4.52. The van der Waals surface area contributed by atoms with E-state index in [0.29, 0.717) is 13.2 Å². The number of ether oxygens (including phenoxy) is 1. The van der Waals surface area contributed by atoms with Gasteiger partial charge in [-0.25, -0.2) is 4.79 Å². The molecule has 0 atom stereocenters. The Labute approximate surface area is 73.5 Å². The van der Waals surface area contributed by atoms with Crippen LogP contribution in [-0.2, 0) is 9.53 Å². The Balaban J connectivity index is 0. The van der Waals surface area contributed by atoms with Crippen molar-refractivity contribution >= 4 is 33.3 Å². The molecule has 0 saturated heterocycles. The van der Waals surface area contributed by atoms with Crippen molar-refractivity contribution in [3.05, 3.63) is 0 Å². The van der Waals surface area contributed by atoms with Crippen molar-refractivity contribution in [3.8, 4) is 0 Å². The van der Waals surface area contributed by atoms with Crippen molar-refractivity contribution in [2.24, 2.45) is 5.73 Å². The van der Waals surface area contributed by atoms with Gasteiger partial charge >= 0.3 is 33.3 Å². The monoisotopic (exact) mass is 329 g/mol. The summed E-state index contributed by atoms with van der Waals surface area (Å²) in [5.41, 5.74) is 5.00. The van der Waals surface area contributed by atoms with Crippen molar-refractivity contribution in [3.63, 3.8) is 0 Å². The molecule has 0 amide bonds. The second-order valence-electron chi connectivity index (χ2n) is 1.23. The summed E-state index contributed by atoms with van der Waals surface area (Å²) in [4.78, 5) is 9.71. The van der Waals surface area contributed by atoms with Crippen LogP contribution >= 0.6 is 0 Å². The maximum absolute atomic E-state index is 9.71. The number of nitrogens with two attached hydrogens (primary N) is 1. The van der Waals surface area contributed by atoms with Gasteiger partial charge in [-0.1, -0.05) is 0 Å². The van der Waals surface area contributed by atoms with E-state index in [4.69, 9.17) is 10.8 Å². The first kappa shape index (κ1) is 12.0. The molecule has 3 N–H and O–H groups in total. The van der Waals surface area contributed by atoms with E-state index >= 15 is 0 Å². The molecule has 0 aliphatic rings. The second kappa shape index (κ2) is 8.31. The molecule has 54 valence electrons. The van der Waals surface area contributed by atoms with Gasteiger partial charge in [0.1, 0.15) is 6.61 Å². The SMILES string of the molecule is NCCOCC(=O)O.[PbH2]. The molecule has 9 heavy (non-hydrogen) atoms. The summed E-state index contributed by atoms with van der Waals surface area (Å²) in [6.45, 7) is 0.427. The van der Waals surface area contributed by atoms with Gasteiger partial charge < -0.3 is 15.6 Å². The molecule has 0 heterocycles. The third-order valence-corrected chi connectivity index (χ3v) is 0.488. The number of aliphatic carboxylic acids is 1. The Bertz CT molecular complexity index is 78.2. The van der Waals surface area contributed by atoms with E-state index in [9.17, 15) is 4.79 Å². The summed E-state index contributed by atoms with van der Waals surface area (Å²) in [5, 5.41) is 7.97. The molecule has 0 aromatic rings. The number of carbonyl (C=O) groups is 1. The van der Waals surface area contributed by atoms with Gasteiger partial charge in [0.05, 0.1) is 6.61 Å². The Morgan fingerprint density at radius 2 is 2.22 bits per heavy atom. The molecule has 0 bridgehead atoms. The molecule has 0 aromatic carbocycles. The Morgan fingerprint density at radius 1 is 1.67 bits per heavy atom. The van der Waals surface area contributed by atoms with Gasteiger partial charge in [0.15, 0.2) is 0 Å². The van der Waals surface area contributed by atoms with Crippen molar-refractivity contribution in [1.29, 1.82) is 0 Å². The van der Waals surface area contributed by atoms with Crippen molar-refractivity contribution in [1.82, 2.24) is 0 Å². The summed E-state index contributed by atoms with van der Waals surface area (Å²) in [7, 11) is 0. The van der Waals surface area contributed by atoms with Gasteiger partial charge in [-0.2, -0.15) is 0 Å². The standard InChI is InChI=1S/C4H9NO3.Pb.2H/c5-1-2-8-3-4(6)7;;;/h1-3,5H2,(H,6,7);;;. The zero-order valence-corrected chi connectivity index (χ0v) is 10.7. The summed E-state index contributed by atoms with van der Waals surface area (Å²) >= 11 is 0. The van der Waals surface area contributed by atoms with Crippen LogP contribution in [0.3, 0.4) is 0 Å². The third-order valence-electron chi connectivity index (χ3n) is 0.488. The van der Waals surface area contributed by atoms with E-state index in [-0.39, 0.29) is 33.9 Å². The molecule has 0 rings (SSSR count). The van der Waals surface area contributed by atoms with Crippen LogP contribution in [0.4, 0.5) is 0 Å². The van der Waals surface area contributed by atoms with E-state index in [1.54, 1.807) is 0 Å². The van der Waals surface area contributed by atoms with Gasteiger partial charge in [-0.05, 0) is 0 Å². The zero-order valence-electron chi connectivity index (χ0n) is 5.17. The molecule has 0 saturated carbocycles. The summed E-state index contributed by atoms with van der Waals surface area (Å²) in [6.07, 6.45) is 0. The van der Waals surface area contributed by atoms with Crippen molar-refractivity contribution < 1.29 is 14.6 Å². The van der Waals surface area contributed by atoms with Crippen LogP contribution in [0, 0.1) is 0 Å². The van der Waals surface area contributed by atoms with Crippen LogP contribution in [0.2, 0.25) is 0 Å². The topological polar surface area (TPSA) is 72.5 Å². The minimum absolute atomic E-state index is 0. The van der Waals surface area contributed by atoms with Crippen LogP contribution in [0.1, 0.15) is 0 Å². The van der Waals surface area contributed by atoms with Crippen LogP contribution in [0.25, 0.3) is 0 Å². The number of hydrogen-bond acceptors (Lipinski definition) is 3. The first-order chi connectivity index (χ1) is 3.77. The van der Waals surface area contributed by atoms with E-state index in [1.807, 2.05) is 0 Å². The van der Waals surface area contributed by atoms with E-state index in [2.05, 4.69) is 4.74 Å². The van der Waals surface area contributed by atoms with Crippen molar-refractivity contribution in [2.75, 3.05) is 19.8 Å². The molecule has 0 aromatic heterocycles. The predicted molar refractivity (Wildman–Crippen MR) is 36.1 cm³/mol. The summed E-state index contributed by atoms with van der Waals surface area (Å²) in [5.74, 6) is -0.960. The molecule has 0 unspecified atom stereocenters. The molecular weight excluding hydrogens is 317 g/mol. The Morgan fingerprint density at radius 3 is 2.56 bits per heavy atom. The molecule has 0 aliphatic heterocycles. The zero-order chi connectivity index (χ0) is 6.41.